The molecule has 8 heteroatoms. The minimum atomic E-state index is -1.00. The first-order valence-electron chi connectivity index (χ1n) is 9.05. The number of nitrogens with one attached hydrogen (secondary N) is 1. The molecule has 4 heterocycles. The number of nitrogens with zero attached hydrogens (tertiary/aromatic N) is 2. The van der Waals surface area contributed by atoms with Gasteiger partial charge in [-0.15, -0.1) is 0 Å². The van der Waals surface area contributed by atoms with Crippen molar-refractivity contribution in [3.63, 3.8) is 0 Å². The summed E-state index contributed by atoms with van der Waals surface area (Å²) >= 11 is 1.36. The van der Waals surface area contributed by atoms with E-state index in [9.17, 15) is 9.59 Å². The minimum absolute atomic E-state index is 0.157. The Morgan fingerprint density at radius 1 is 1.26 bits per heavy atom. The number of benzene rings is 1. The van der Waals surface area contributed by atoms with Crippen LogP contribution in [-0.4, -0.2) is 49.7 Å². The Kier molecular flexibility index (Phi) is 3.73. The van der Waals surface area contributed by atoms with Gasteiger partial charge in [0.2, 0.25) is 0 Å². The average molecular weight is 385 g/mol. The summed E-state index contributed by atoms with van der Waals surface area (Å²) < 4.78 is 11.4. The van der Waals surface area contributed by atoms with E-state index in [0.29, 0.717) is 42.3 Å². The molecule has 27 heavy (non-hydrogen) atoms. The van der Waals surface area contributed by atoms with Gasteiger partial charge in [-0.25, -0.2) is 9.78 Å². The Morgan fingerprint density at radius 3 is 2.89 bits per heavy atom. The first-order valence-corrected chi connectivity index (χ1v) is 9.87. The lowest BCUT2D eigenvalue weighted by atomic mass is 9.85. The van der Waals surface area contributed by atoms with Crippen LogP contribution in [-0.2, 0) is 15.1 Å². The number of thiazole rings is 1. The van der Waals surface area contributed by atoms with E-state index in [4.69, 9.17) is 14.5 Å². The van der Waals surface area contributed by atoms with Gasteiger partial charge in [-0.2, -0.15) is 0 Å². The standard InChI is InChI=1S/C19H19N3O4S/c1-11-2-3-13-12(10-11)17(24)26-19(13)4-5-20-16(23)14-15(19)21-18(27-14)22-6-8-25-9-7-22/h2-3,10H,4-9H2,1H3,(H,20,23). The van der Waals surface area contributed by atoms with E-state index < -0.39 is 5.60 Å². The SMILES string of the molecule is Cc1ccc2c(c1)C(=O)OC21CCNC(=O)c2sc(N3CCOCC3)nc21. The van der Waals surface area contributed by atoms with E-state index >= 15 is 0 Å². The summed E-state index contributed by atoms with van der Waals surface area (Å²) in [4.78, 5) is 32.8. The number of morpholine rings is 1. The van der Waals surface area contributed by atoms with Gasteiger partial charge >= 0.3 is 5.97 Å². The monoisotopic (exact) mass is 385 g/mol. The predicted octanol–water partition coefficient (Wildman–Crippen LogP) is 1.84. The predicted molar refractivity (Wildman–Crippen MR) is 99.5 cm³/mol. The maximum atomic E-state index is 12.7. The molecular weight excluding hydrogens is 366 g/mol. The Bertz CT molecular complexity index is 950. The molecule has 1 aromatic heterocycles. The van der Waals surface area contributed by atoms with Gasteiger partial charge in [-0.05, 0) is 13.0 Å². The molecule has 1 amide bonds. The normalized spacial score (nSPS) is 24.3. The average Bonchev–Trinajstić information content (AvgIpc) is 3.20. The largest absolute Gasteiger partial charge is 0.444 e. The topological polar surface area (TPSA) is 80.8 Å². The molecule has 1 saturated heterocycles. The Hall–Kier alpha value is -2.45. The number of hydrogen-bond acceptors (Lipinski definition) is 7. The second-order valence-electron chi connectivity index (χ2n) is 7.05. The summed E-state index contributed by atoms with van der Waals surface area (Å²) in [6.45, 7) is 5.11. The number of ether oxygens (including phenoxy) is 2. The van der Waals surface area contributed by atoms with E-state index in [1.54, 1.807) is 0 Å². The second kappa shape index (κ2) is 6.03. The van der Waals surface area contributed by atoms with Crippen LogP contribution < -0.4 is 10.2 Å². The van der Waals surface area contributed by atoms with Crippen LogP contribution in [0.5, 0.6) is 0 Å². The molecule has 2 aromatic rings. The van der Waals surface area contributed by atoms with Gasteiger partial charge in [-0.3, -0.25) is 4.79 Å². The van der Waals surface area contributed by atoms with Crippen LogP contribution in [0.25, 0.3) is 0 Å². The van der Waals surface area contributed by atoms with Crippen LogP contribution in [0.1, 0.15) is 43.3 Å². The van der Waals surface area contributed by atoms with Crippen molar-refractivity contribution in [1.82, 2.24) is 10.3 Å². The Balaban J connectivity index is 1.68. The zero-order valence-corrected chi connectivity index (χ0v) is 15.7. The van der Waals surface area contributed by atoms with E-state index in [2.05, 4.69) is 10.2 Å². The van der Waals surface area contributed by atoms with Gasteiger partial charge in [0.15, 0.2) is 10.7 Å². The maximum Gasteiger partial charge on any atom is 0.339 e. The Labute approximate surface area is 160 Å². The number of esters is 1. The van der Waals surface area contributed by atoms with Gasteiger partial charge in [0.1, 0.15) is 10.6 Å². The van der Waals surface area contributed by atoms with Crippen LogP contribution in [0, 0.1) is 6.92 Å². The van der Waals surface area contributed by atoms with Crippen LogP contribution >= 0.6 is 11.3 Å². The fourth-order valence-electron chi connectivity index (χ4n) is 3.99. The van der Waals surface area contributed by atoms with Crippen molar-refractivity contribution < 1.29 is 19.1 Å². The molecule has 0 aliphatic carbocycles. The third-order valence-corrected chi connectivity index (χ3v) is 6.46. The summed E-state index contributed by atoms with van der Waals surface area (Å²) in [6, 6.07) is 5.75. The maximum absolute atomic E-state index is 12.7. The molecule has 140 valence electrons. The molecule has 1 N–H and O–H groups in total. The fourth-order valence-corrected chi connectivity index (χ4v) is 5.09. The number of aryl methyl sites for hydroxylation is 1. The molecule has 7 nitrogen and oxygen atoms in total. The molecule has 0 bridgehead atoms. The van der Waals surface area contributed by atoms with Crippen molar-refractivity contribution in [1.29, 1.82) is 0 Å². The van der Waals surface area contributed by atoms with Crippen LogP contribution in [0.2, 0.25) is 0 Å². The second-order valence-corrected chi connectivity index (χ2v) is 8.02. The molecule has 1 spiro atoms. The van der Waals surface area contributed by atoms with Crippen molar-refractivity contribution in [2.24, 2.45) is 0 Å². The van der Waals surface area contributed by atoms with Crippen molar-refractivity contribution >= 4 is 28.3 Å². The first-order chi connectivity index (χ1) is 13.1. The number of rotatable bonds is 1. The number of carbonyl (C=O) groups is 2. The molecule has 3 aliphatic rings. The lowest BCUT2D eigenvalue weighted by Crippen LogP contribution is -2.36. The summed E-state index contributed by atoms with van der Waals surface area (Å²) in [5.41, 5.74) is 1.92. The van der Waals surface area contributed by atoms with Gasteiger partial charge < -0.3 is 19.7 Å². The number of fused-ring (bicyclic) bond motifs is 4. The van der Waals surface area contributed by atoms with E-state index in [0.717, 1.165) is 29.3 Å². The number of aromatic nitrogens is 1. The summed E-state index contributed by atoms with van der Waals surface area (Å²) in [6.07, 6.45) is 0.472. The van der Waals surface area contributed by atoms with Crippen molar-refractivity contribution in [3.8, 4) is 0 Å². The van der Waals surface area contributed by atoms with Crippen molar-refractivity contribution in [3.05, 3.63) is 45.5 Å². The highest BCUT2D eigenvalue weighted by atomic mass is 32.1. The highest BCUT2D eigenvalue weighted by molar-refractivity contribution is 7.17. The van der Waals surface area contributed by atoms with Crippen molar-refractivity contribution in [2.45, 2.75) is 18.9 Å². The smallest absolute Gasteiger partial charge is 0.339 e. The molecule has 1 aromatic carbocycles. The van der Waals surface area contributed by atoms with E-state index in [1.165, 1.54) is 11.3 Å². The number of anilines is 1. The minimum Gasteiger partial charge on any atom is -0.444 e. The zero-order chi connectivity index (χ0) is 18.6. The molecule has 0 saturated carbocycles. The first kappa shape index (κ1) is 16.7. The van der Waals surface area contributed by atoms with E-state index in [-0.39, 0.29) is 11.9 Å². The van der Waals surface area contributed by atoms with Crippen LogP contribution in [0.4, 0.5) is 5.13 Å². The Morgan fingerprint density at radius 2 is 2.07 bits per heavy atom. The summed E-state index contributed by atoms with van der Waals surface area (Å²) in [7, 11) is 0. The van der Waals surface area contributed by atoms with Crippen LogP contribution in [0.15, 0.2) is 18.2 Å². The lowest BCUT2D eigenvalue weighted by molar-refractivity contribution is 0.00677. The van der Waals surface area contributed by atoms with Crippen LogP contribution in [0.3, 0.4) is 0 Å². The molecule has 5 rings (SSSR count). The lowest BCUT2D eigenvalue weighted by Gasteiger charge is -2.28. The fraction of sp³-hybridized carbons (Fsp3) is 0.421. The quantitative estimate of drug-likeness (QED) is 0.755. The van der Waals surface area contributed by atoms with Crippen molar-refractivity contribution in [2.75, 3.05) is 37.7 Å². The highest BCUT2D eigenvalue weighted by Gasteiger charge is 2.52. The third kappa shape index (κ3) is 2.47. The molecule has 1 unspecified atom stereocenters. The van der Waals surface area contributed by atoms with Gasteiger partial charge in [0, 0.05) is 31.6 Å². The number of hydrogen-bond donors (Lipinski definition) is 1. The van der Waals surface area contributed by atoms with Gasteiger partial charge in [-0.1, -0.05) is 29.0 Å². The highest BCUT2D eigenvalue weighted by Crippen LogP contribution is 2.48. The number of amides is 1. The van der Waals surface area contributed by atoms with E-state index in [1.807, 2.05) is 25.1 Å². The third-order valence-electron chi connectivity index (χ3n) is 5.35. The molecular formula is C19H19N3O4S. The summed E-state index contributed by atoms with van der Waals surface area (Å²) in [5, 5.41) is 3.70. The molecule has 1 atom stereocenters. The van der Waals surface area contributed by atoms with Gasteiger partial charge in [0.05, 0.1) is 18.8 Å². The summed E-state index contributed by atoms with van der Waals surface area (Å²) in [5.74, 6) is -0.509. The number of carbonyl (C=O) groups excluding carboxylic acids is 2. The van der Waals surface area contributed by atoms with Gasteiger partial charge in [0.25, 0.3) is 5.91 Å². The molecule has 0 radical (unpaired) electrons. The molecule has 1 fully saturated rings. The molecule has 3 aliphatic heterocycles. The zero-order valence-electron chi connectivity index (χ0n) is 14.9.